The molecule has 0 radical (unpaired) electrons. The van der Waals surface area contributed by atoms with E-state index in [0.29, 0.717) is 16.5 Å². The van der Waals surface area contributed by atoms with E-state index in [-0.39, 0.29) is 5.97 Å². The van der Waals surface area contributed by atoms with Gasteiger partial charge in [0.15, 0.2) is 0 Å². The Morgan fingerprint density at radius 3 is 2.65 bits per heavy atom. The molecule has 0 spiro atoms. The molecule has 1 aromatic rings. The normalized spacial score (nSPS) is 33.9. The van der Waals surface area contributed by atoms with Crippen LogP contribution in [0, 0.1) is 11.3 Å². The van der Waals surface area contributed by atoms with Crippen molar-refractivity contribution in [3.05, 3.63) is 42.5 Å². The van der Waals surface area contributed by atoms with Gasteiger partial charge in [0, 0.05) is 4.83 Å². The minimum Gasteiger partial charge on any atom is -0.426 e. The van der Waals surface area contributed by atoms with E-state index in [4.69, 9.17) is 4.74 Å². The summed E-state index contributed by atoms with van der Waals surface area (Å²) in [6.45, 7) is 0. The van der Waals surface area contributed by atoms with Crippen LogP contribution in [0.5, 0.6) is 5.75 Å². The first-order chi connectivity index (χ1) is 8.20. The number of allylic oxidation sites excluding steroid dienone is 1. The molecule has 2 nitrogen and oxygen atoms in total. The molecule has 0 amide bonds. The van der Waals surface area contributed by atoms with Gasteiger partial charge in [-0.05, 0) is 30.9 Å². The Bertz CT molecular complexity index is 468. The summed E-state index contributed by atoms with van der Waals surface area (Å²) in [6, 6.07) is 9.27. The SMILES string of the molecule is O=C(Oc1ccccc1)C12C=CC(C1)C(Br)C2. The molecule has 0 saturated heterocycles. The van der Waals surface area contributed by atoms with Crippen molar-refractivity contribution in [1.29, 1.82) is 0 Å². The van der Waals surface area contributed by atoms with E-state index in [2.05, 4.69) is 22.0 Å². The molecule has 2 bridgehead atoms. The zero-order valence-corrected chi connectivity index (χ0v) is 10.9. The van der Waals surface area contributed by atoms with Crippen molar-refractivity contribution in [2.45, 2.75) is 17.7 Å². The number of fused-ring (bicyclic) bond motifs is 2. The van der Waals surface area contributed by atoms with Gasteiger partial charge in [0.1, 0.15) is 5.75 Å². The zero-order valence-electron chi connectivity index (χ0n) is 9.30. The predicted molar refractivity (Wildman–Crippen MR) is 69.1 cm³/mol. The fourth-order valence-corrected chi connectivity index (χ4v) is 3.64. The maximum atomic E-state index is 12.2. The van der Waals surface area contributed by atoms with E-state index in [1.54, 1.807) is 0 Å². The first-order valence-corrected chi connectivity index (χ1v) is 6.72. The molecule has 17 heavy (non-hydrogen) atoms. The summed E-state index contributed by atoms with van der Waals surface area (Å²) in [5, 5.41) is 0. The maximum absolute atomic E-state index is 12.2. The molecule has 1 saturated carbocycles. The van der Waals surface area contributed by atoms with Crippen molar-refractivity contribution in [2.24, 2.45) is 11.3 Å². The molecule has 3 rings (SSSR count). The molecule has 0 N–H and O–H groups in total. The minimum absolute atomic E-state index is 0.121. The number of halogens is 1. The van der Waals surface area contributed by atoms with Gasteiger partial charge < -0.3 is 4.74 Å². The van der Waals surface area contributed by atoms with Crippen LogP contribution in [0.15, 0.2) is 42.5 Å². The third-order valence-corrected chi connectivity index (χ3v) is 4.65. The molecule has 2 aliphatic rings. The number of hydrogen-bond donors (Lipinski definition) is 0. The van der Waals surface area contributed by atoms with Crippen LogP contribution in [0.4, 0.5) is 0 Å². The molecule has 88 valence electrons. The lowest BCUT2D eigenvalue weighted by Crippen LogP contribution is -2.30. The standard InChI is InChI=1S/C14H13BrO2/c15-12-9-14(7-6-10(12)8-14)13(16)17-11-4-2-1-3-5-11/h1-7,10,12H,8-9H2. The van der Waals surface area contributed by atoms with E-state index in [0.717, 1.165) is 12.8 Å². The number of benzene rings is 1. The second-order valence-electron chi connectivity index (χ2n) is 4.81. The van der Waals surface area contributed by atoms with Crippen molar-refractivity contribution in [2.75, 3.05) is 0 Å². The highest BCUT2D eigenvalue weighted by molar-refractivity contribution is 9.09. The first-order valence-electron chi connectivity index (χ1n) is 5.80. The van der Waals surface area contributed by atoms with Crippen LogP contribution in [-0.4, -0.2) is 10.8 Å². The van der Waals surface area contributed by atoms with Gasteiger partial charge in [-0.3, -0.25) is 4.79 Å². The van der Waals surface area contributed by atoms with E-state index in [9.17, 15) is 4.79 Å². The number of hydrogen-bond acceptors (Lipinski definition) is 2. The average Bonchev–Trinajstić information content (AvgIpc) is 2.89. The monoisotopic (exact) mass is 292 g/mol. The van der Waals surface area contributed by atoms with Crippen molar-refractivity contribution < 1.29 is 9.53 Å². The lowest BCUT2D eigenvalue weighted by Gasteiger charge is -2.22. The van der Waals surface area contributed by atoms with Crippen LogP contribution < -0.4 is 4.74 Å². The lowest BCUT2D eigenvalue weighted by atomic mass is 9.88. The third-order valence-electron chi connectivity index (χ3n) is 3.65. The number of carbonyl (C=O) groups excluding carboxylic acids is 1. The molecule has 0 aromatic heterocycles. The highest BCUT2D eigenvalue weighted by Crippen LogP contribution is 2.52. The Labute approximate surface area is 109 Å². The number of carbonyl (C=O) groups is 1. The number of ether oxygens (including phenoxy) is 1. The topological polar surface area (TPSA) is 26.3 Å². The quantitative estimate of drug-likeness (QED) is 0.362. The van der Waals surface area contributed by atoms with E-state index in [1.165, 1.54) is 0 Å². The summed E-state index contributed by atoms with van der Waals surface area (Å²) in [5.41, 5.74) is -0.394. The molecular weight excluding hydrogens is 280 g/mol. The van der Waals surface area contributed by atoms with Crippen LogP contribution in [0.2, 0.25) is 0 Å². The van der Waals surface area contributed by atoms with Crippen molar-refractivity contribution in [1.82, 2.24) is 0 Å². The summed E-state index contributed by atoms with van der Waals surface area (Å²) in [7, 11) is 0. The van der Waals surface area contributed by atoms with Gasteiger partial charge in [-0.25, -0.2) is 0 Å². The second-order valence-corrected chi connectivity index (χ2v) is 5.98. The van der Waals surface area contributed by atoms with Gasteiger partial charge in [-0.1, -0.05) is 46.3 Å². The Morgan fingerprint density at radius 2 is 2.06 bits per heavy atom. The lowest BCUT2D eigenvalue weighted by molar-refractivity contribution is -0.142. The van der Waals surface area contributed by atoms with E-state index in [1.807, 2.05) is 36.4 Å². The first kappa shape index (κ1) is 11.0. The van der Waals surface area contributed by atoms with Crippen LogP contribution in [0.25, 0.3) is 0 Å². The molecule has 3 heteroatoms. The van der Waals surface area contributed by atoms with Crippen LogP contribution in [0.1, 0.15) is 12.8 Å². The molecule has 0 aliphatic heterocycles. The molecule has 1 fully saturated rings. The average molecular weight is 293 g/mol. The fraction of sp³-hybridized carbons (Fsp3) is 0.357. The largest absolute Gasteiger partial charge is 0.426 e. The molecular formula is C14H13BrO2. The smallest absolute Gasteiger partial charge is 0.321 e. The highest BCUT2D eigenvalue weighted by Gasteiger charge is 2.52. The van der Waals surface area contributed by atoms with Crippen LogP contribution in [0.3, 0.4) is 0 Å². The van der Waals surface area contributed by atoms with Crippen molar-refractivity contribution >= 4 is 21.9 Å². The van der Waals surface area contributed by atoms with Gasteiger partial charge in [0.2, 0.25) is 0 Å². The Morgan fingerprint density at radius 1 is 1.29 bits per heavy atom. The van der Waals surface area contributed by atoms with Crippen LogP contribution in [-0.2, 0) is 4.79 Å². The van der Waals surface area contributed by atoms with Gasteiger partial charge >= 0.3 is 5.97 Å². The maximum Gasteiger partial charge on any atom is 0.321 e. The number of rotatable bonds is 2. The van der Waals surface area contributed by atoms with Crippen LogP contribution >= 0.6 is 15.9 Å². The molecule has 3 atom stereocenters. The fourth-order valence-electron chi connectivity index (χ4n) is 2.70. The minimum atomic E-state index is -0.394. The van der Waals surface area contributed by atoms with Crippen molar-refractivity contribution in [3.63, 3.8) is 0 Å². The van der Waals surface area contributed by atoms with Crippen molar-refractivity contribution in [3.8, 4) is 5.75 Å². The Balaban J connectivity index is 1.78. The number of alkyl halides is 1. The van der Waals surface area contributed by atoms with Gasteiger partial charge in [0.25, 0.3) is 0 Å². The summed E-state index contributed by atoms with van der Waals surface area (Å²) in [6.07, 6.45) is 5.89. The molecule has 0 heterocycles. The number of para-hydroxylation sites is 1. The van der Waals surface area contributed by atoms with Gasteiger partial charge in [-0.2, -0.15) is 0 Å². The molecule has 3 unspecified atom stereocenters. The molecule has 2 aliphatic carbocycles. The zero-order chi connectivity index (χ0) is 11.9. The van der Waals surface area contributed by atoms with E-state index < -0.39 is 5.41 Å². The second kappa shape index (κ2) is 3.98. The summed E-state index contributed by atoms with van der Waals surface area (Å²) >= 11 is 3.63. The Hall–Kier alpha value is -1.09. The summed E-state index contributed by atoms with van der Waals surface area (Å²) in [4.78, 5) is 12.7. The van der Waals surface area contributed by atoms with Gasteiger partial charge in [-0.15, -0.1) is 0 Å². The van der Waals surface area contributed by atoms with E-state index >= 15 is 0 Å². The summed E-state index contributed by atoms with van der Waals surface area (Å²) < 4.78 is 5.46. The highest BCUT2D eigenvalue weighted by atomic mass is 79.9. The molecule has 1 aromatic carbocycles. The third kappa shape index (κ3) is 1.82. The Kier molecular flexibility index (Phi) is 2.58. The predicted octanol–water partition coefficient (Wildman–Crippen LogP) is 3.32. The number of esters is 1. The summed E-state index contributed by atoms with van der Waals surface area (Å²) in [5.74, 6) is 0.990. The van der Waals surface area contributed by atoms with Gasteiger partial charge in [0.05, 0.1) is 5.41 Å².